The number of rotatable bonds is 3. The van der Waals surface area contributed by atoms with Crippen LogP contribution in [0.4, 0.5) is 0 Å². The van der Waals surface area contributed by atoms with Crippen LogP contribution in [0.3, 0.4) is 0 Å². The van der Waals surface area contributed by atoms with Gasteiger partial charge in [-0.1, -0.05) is 6.07 Å². The highest BCUT2D eigenvalue weighted by Gasteiger charge is 2.34. The summed E-state index contributed by atoms with van der Waals surface area (Å²) in [4.78, 5) is 12.4. The molecule has 1 saturated carbocycles. The molecule has 0 bridgehead atoms. The summed E-state index contributed by atoms with van der Waals surface area (Å²) >= 11 is 0. The van der Waals surface area contributed by atoms with Crippen LogP contribution in [0.2, 0.25) is 0 Å². The molecule has 17 heavy (non-hydrogen) atoms. The van der Waals surface area contributed by atoms with Gasteiger partial charge in [-0.25, -0.2) is 0 Å². The predicted molar refractivity (Wildman–Crippen MR) is 66.7 cm³/mol. The first-order chi connectivity index (χ1) is 8.31. The first-order valence-electron chi connectivity index (χ1n) is 6.54. The van der Waals surface area contributed by atoms with Crippen LogP contribution in [0.25, 0.3) is 0 Å². The second kappa shape index (κ2) is 4.17. The highest BCUT2D eigenvalue weighted by molar-refractivity contribution is 6.03. The fourth-order valence-electron chi connectivity index (χ4n) is 2.80. The fourth-order valence-corrected chi connectivity index (χ4v) is 2.80. The van der Waals surface area contributed by atoms with E-state index in [0.29, 0.717) is 5.78 Å². The molecular weight excluding hydrogens is 212 g/mol. The Bertz CT molecular complexity index is 458. The summed E-state index contributed by atoms with van der Waals surface area (Å²) < 4.78 is 5.39. The van der Waals surface area contributed by atoms with Crippen LogP contribution >= 0.6 is 0 Å². The molecule has 2 aliphatic carbocycles. The van der Waals surface area contributed by atoms with Crippen molar-refractivity contribution in [3.8, 4) is 5.75 Å². The normalized spacial score (nSPS) is 18.6. The average Bonchev–Trinajstić information content (AvgIpc) is 3.20. The molecule has 0 atom stereocenters. The zero-order valence-corrected chi connectivity index (χ0v) is 10.3. The summed E-state index contributed by atoms with van der Waals surface area (Å²) in [6.45, 7) is 0. The molecule has 0 radical (unpaired) electrons. The van der Waals surface area contributed by atoms with Crippen molar-refractivity contribution in [2.45, 2.75) is 38.5 Å². The molecule has 0 unspecified atom stereocenters. The van der Waals surface area contributed by atoms with Gasteiger partial charge in [-0.15, -0.1) is 0 Å². The zero-order chi connectivity index (χ0) is 11.8. The molecule has 3 rings (SSSR count). The maximum absolute atomic E-state index is 12.4. The van der Waals surface area contributed by atoms with Crippen LogP contribution in [-0.2, 0) is 12.8 Å². The lowest BCUT2D eigenvalue weighted by molar-refractivity contribution is 0.0963. The Morgan fingerprint density at radius 3 is 2.71 bits per heavy atom. The number of hydrogen-bond donors (Lipinski definition) is 0. The number of carbonyl (C=O) groups excluding carboxylic acids is 1. The van der Waals surface area contributed by atoms with Gasteiger partial charge < -0.3 is 4.74 Å². The first-order valence-corrected chi connectivity index (χ1v) is 6.54. The minimum atomic E-state index is 0.275. The standard InChI is InChI=1S/C15H18O2/c1-17-13-9-8-10-4-2-3-5-12(10)14(13)15(16)11-6-7-11/h8-9,11H,2-7H2,1H3. The van der Waals surface area contributed by atoms with Crippen LogP contribution in [0.15, 0.2) is 12.1 Å². The molecule has 0 saturated heterocycles. The van der Waals surface area contributed by atoms with E-state index in [-0.39, 0.29) is 5.92 Å². The molecule has 0 N–H and O–H groups in total. The summed E-state index contributed by atoms with van der Waals surface area (Å²) in [5.74, 6) is 1.38. The molecule has 0 spiro atoms. The van der Waals surface area contributed by atoms with E-state index >= 15 is 0 Å². The Labute approximate surface area is 102 Å². The van der Waals surface area contributed by atoms with Crippen LogP contribution in [-0.4, -0.2) is 12.9 Å². The Hall–Kier alpha value is -1.31. The lowest BCUT2D eigenvalue weighted by Gasteiger charge is -2.20. The summed E-state index contributed by atoms with van der Waals surface area (Å²) in [6, 6.07) is 4.11. The molecule has 1 aromatic carbocycles. The predicted octanol–water partition coefficient (Wildman–Crippen LogP) is 3.17. The lowest BCUT2D eigenvalue weighted by atomic mass is 9.85. The maximum atomic E-state index is 12.4. The van der Waals surface area contributed by atoms with Gasteiger partial charge >= 0.3 is 0 Å². The Balaban J connectivity index is 2.10. The van der Waals surface area contributed by atoms with Gasteiger partial charge in [-0.2, -0.15) is 0 Å². The molecule has 1 aromatic rings. The van der Waals surface area contributed by atoms with Gasteiger partial charge in [0.15, 0.2) is 5.78 Å². The molecule has 0 aliphatic heterocycles. The average molecular weight is 230 g/mol. The van der Waals surface area contributed by atoms with Gasteiger partial charge in [-0.05, 0) is 55.7 Å². The Morgan fingerprint density at radius 1 is 1.24 bits per heavy atom. The van der Waals surface area contributed by atoms with E-state index < -0.39 is 0 Å². The number of fused-ring (bicyclic) bond motifs is 1. The van der Waals surface area contributed by atoms with Crippen molar-refractivity contribution in [1.29, 1.82) is 0 Å². The minimum Gasteiger partial charge on any atom is -0.496 e. The van der Waals surface area contributed by atoms with Crippen LogP contribution in [0, 0.1) is 5.92 Å². The van der Waals surface area contributed by atoms with Gasteiger partial charge in [0, 0.05) is 5.92 Å². The topological polar surface area (TPSA) is 26.3 Å². The number of benzene rings is 1. The molecule has 90 valence electrons. The molecule has 2 aliphatic rings. The van der Waals surface area contributed by atoms with Gasteiger partial charge in [0.05, 0.1) is 12.7 Å². The molecule has 2 heteroatoms. The Morgan fingerprint density at radius 2 is 2.00 bits per heavy atom. The van der Waals surface area contributed by atoms with E-state index in [1.807, 2.05) is 6.07 Å². The number of carbonyl (C=O) groups is 1. The van der Waals surface area contributed by atoms with Crippen molar-refractivity contribution in [2.24, 2.45) is 5.92 Å². The van der Waals surface area contributed by atoms with E-state index in [2.05, 4.69) is 6.07 Å². The molecule has 2 nitrogen and oxygen atoms in total. The van der Waals surface area contributed by atoms with Crippen LogP contribution in [0.1, 0.15) is 47.2 Å². The summed E-state index contributed by atoms with van der Waals surface area (Å²) in [5, 5.41) is 0. The number of ether oxygens (including phenoxy) is 1. The summed E-state index contributed by atoms with van der Waals surface area (Å²) in [6.07, 6.45) is 6.73. The Kier molecular flexibility index (Phi) is 2.65. The third-order valence-corrected chi connectivity index (χ3v) is 3.91. The molecule has 0 heterocycles. The monoisotopic (exact) mass is 230 g/mol. The SMILES string of the molecule is COc1ccc2c(c1C(=O)C1CC1)CCCC2. The number of methoxy groups -OCH3 is 1. The van der Waals surface area contributed by atoms with E-state index in [4.69, 9.17) is 4.74 Å². The summed E-state index contributed by atoms with van der Waals surface area (Å²) in [7, 11) is 1.66. The van der Waals surface area contributed by atoms with Crippen molar-refractivity contribution >= 4 is 5.78 Å². The van der Waals surface area contributed by atoms with Crippen molar-refractivity contribution < 1.29 is 9.53 Å². The zero-order valence-electron chi connectivity index (χ0n) is 10.3. The van der Waals surface area contributed by atoms with E-state index in [0.717, 1.165) is 37.0 Å². The van der Waals surface area contributed by atoms with Gasteiger partial charge in [0.25, 0.3) is 0 Å². The van der Waals surface area contributed by atoms with Crippen molar-refractivity contribution in [1.82, 2.24) is 0 Å². The third kappa shape index (κ3) is 1.86. The number of hydrogen-bond acceptors (Lipinski definition) is 2. The second-order valence-electron chi connectivity index (χ2n) is 5.13. The highest BCUT2D eigenvalue weighted by Crippen LogP contribution is 2.39. The second-order valence-corrected chi connectivity index (χ2v) is 5.13. The van der Waals surface area contributed by atoms with E-state index in [1.54, 1.807) is 7.11 Å². The van der Waals surface area contributed by atoms with Gasteiger partial charge in [-0.3, -0.25) is 4.79 Å². The summed E-state index contributed by atoms with van der Waals surface area (Å²) in [5.41, 5.74) is 3.53. The number of Topliss-reactive ketones (excluding diaryl/α,β-unsaturated/α-hetero) is 1. The lowest BCUT2D eigenvalue weighted by Crippen LogP contribution is -2.13. The van der Waals surface area contributed by atoms with Gasteiger partial charge in [0.2, 0.25) is 0 Å². The van der Waals surface area contributed by atoms with E-state index in [1.165, 1.54) is 24.0 Å². The van der Waals surface area contributed by atoms with Crippen molar-refractivity contribution in [3.05, 3.63) is 28.8 Å². The number of aryl methyl sites for hydroxylation is 1. The molecule has 0 aromatic heterocycles. The quantitative estimate of drug-likeness (QED) is 0.745. The van der Waals surface area contributed by atoms with Crippen molar-refractivity contribution in [3.63, 3.8) is 0 Å². The van der Waals surface area contributed by atoms with E-state index in [9.17, 15) is 4.79 Å². The van der Waals surface area contributed by atoms with Crippen LogP contribution < -0.4 is 4.74 Å². The largest absolute Gasteiger partial charge is 0.496 e. The van der Waals surface area contributed by atoms with Crippen LogP contribution in [0.5, 0.6) is 5.75 Å². The fraction of sp³-hybridized carbons (Fsp3) is 0.533. The number of ketones is 1. The smallest absolute Gasteiger partial charge is 0.169 e. The molecular formula is C15H18O2. The first kappa shape index (κ1) is 10.8. The minimum absolute atomic E-state index is 0.275. The van der Waals surface area contributed by atoms with Crippen molar-refractivity contribution in [2.75, 3.05) is 7.11 Å². The maximum Gasteiger partial charge on any atom is 0.169 e. The molecule has 0 amide bonds. The highest BCUT2D eigenvalue weighted by atomic mass is 16.5. The third-order valence-electron chi connectivity index (χ3n) is 3.91. The van der Waals surface area contributed by atoms with Gasteiger partial charge in [0.1, 0.15) is 5.75 Å². The molecule has 1 fully saturated rings.